The zero-order valence-electron chi connectivity index (χ0n) is 14.9. The van der Waals surface area contributed by atoms with E-state index in [1.165, 1.54) is 12.5 Å². The molecule has 132 valence electrons. The lowest BCUT2D eigenvalue weighted by Gasteiger charge is -2.19. The number of hydrogen-bond acceptors (Lipinski definition) is 3. The van der Waals surface area contributed by atoms with Crippen LogP contribution < -0.4 is 5.32 Å². The minimum atomic E-state index is -0.168. The maximum absolute atomic E-state index is 12.5. The summed E-state index contributed by atoms with van der Waals surface area (Å²) in [4.78, 5) is 25.6. The van der Waals surface area contributed by atoms with Crippen molar-refractivity contribution in [2.45, 2.75) is 31.4 Å². The first-order chi connectivity index (χ1) is 12.0. The van der Waals surface area contributed by atoms with Gasteiger partial charge in [-0.2, -0.15) is 0 Å². The normalized spacial score (nSPS) is 11.6. The van der Waals surface area contributed by atoms with Crippen molar-refractivity contribution in [1.29, 1.82) is 0 Å². The number of carbonyl (C=O) groups is 2. The summed E-state index contributed by atoms with van der Waals surface area (Å²) in [5.41, 5.74) is 2.89. The number of carbonyl (C=O) groups excluding carboxylic acids is 2. The summed E-state index contributed by atoms with van der Waals surface area (Å²) in [6.07, 6.45) is 0. The molecule has 25 heavy (non-hydrogen) atoms. The van der Waals surface area contributed by atoms with E-state index in [-0.39, 0.29) is 17.1 Å². The Morgan fingerprint density at radius 2 is 1.72 bits per heavy atom. The Bertz CT molecular complexity index is 719. The molecule has 0 aromatic heterocycles. The molecular weight excluding hydrogens is 332 g/mol. The van der Waals surface area contributed by atoms with E-state index in [2.05, 4.69) is 17.4 Å². The second-order valence-corrected chi connectivity index (χ2v) is 7.29. The molecule has 0 saturated heterocycles. The van der Waals surface area contributed by atoms with Gasteiger partial charge >= 0.3 is 0 Å². The predicted octanol–water partition coefficient (Wildman–Crippen LogP) is 3.93. The Labute approximate surface area is 153 Å². The number of hydrogen-bond donors (Lipinski definition) is 1. The van der Waals surface area contributed by atoms with Crippen molar-refractivity contribution in [3.63, 3.8) is 0 Å². The fraction of sp³-hybridized carbons (Fsp3) is 0.300. The maximum Gasteiger partial charge on any atom is 0.237 e. The van der Waals surface area contributed by atoms with E-state index in [1.54, 1.807) is 23.7 Å². The SMILES string of the molecule is CC(=O)N(C)Cc1ccccc1NC(=O)C(C)SCc1ccccc1. The molecule has 0 aliphatic rings. The third kappa shape index (κ3) is 5.94. The smallest absolute Gasteiger partial charge is 0.237 e. The molecule has 2 aromatic rings. The topological polar surface area (TPSA) is 49.4 Å². The van der Waals surface area contributed by atoms with Crippen molar-refractivity contribution in [3.05, 3.63) is 65.7 Å². The van der Waals surface area contributed by atoms with Gasteiger partial charge in [-0.1, -0.05) is 48.5 Å². The molecule has 0 saturated carbocycles. The molecule has 2 rings (SSSR count). The van der Waals surface area contributed by atoms with Gasteiger partial charge in [0.1, 0.15) is 0 Å². The largest absolute Gasteiger partial charge is 0.342 e. The molecule has 1 N–H and O–H groups in total. The first-order valence-corrected chi connectivity index (χ1v) is 9.28. The van der Waals surface area contributed by atoms with Crippen molar-refractivity contribution in [2.75, 3.05) is 12.4 Å². The van der Waals surface area contributed by atoms with Gasteiger partial charge in [-0.15, -0.1) is 11.8 Å². The number of nitrogens with zero attached hydrogens (tertiary/aromatic N) is 1. The monoisotopic (exact) mass is 356 g/mol. The van der Waals surface area contributed by atoms with Crippen LogP contribution in [-0.4, -0.2) is 29.0 Å². The summed E-state index contributed by atoms with van der Waals surface area (Å²) < 4.78 is 0. The van der Waals surface area contributed by atoms with Crippen molar-refractivity contribution in [2.24, 2.45) is 0 Å². The summed E-state index contributed by atoms with van der Waals surface area (Å²) >= 11 is 1.60. The predicted molar refractivity (Wildman–Crippen MR) is 104 cm³/mol. The molecule has 1 unspecified atom stereocenters. The van der Waals surface area contributed by atoms with E-state index in [0.29, 0.717) is 6.54 Å². The zero-order chi connectivity index (χ0) is 18.2. The van der Waals surface area contributed by atoms with E-state index >= 15 is 0 Å². The first-order valence-electron chi connectivity index (χ1n) is 8.23. The van der Waals surface area contributed by atoms with Gasteiger partial charge in [0.15, 0.2) is 0 Å². The molecule has 0 spiro atoms. The molecule has 2 aromatic carbocycles. The highest BCUT2D eigenvalue weighted by molar-refractivity contribution is 7.99. The summed E-state index contributed by atoms with van der Waals surface area (Å²) in [5.74, 6) is 0.760. The van der Waals surface area contributed by atoms with Crippen LogP contribution in [0.4, 0.5) is 5.69 Å². The van der Waals surface area contributed by atoms with Crippen LogP contribution in [0.1, 0.15) is 25.0 Å². The summed E-state index contributed by atoms with van der Waals surface area (Å²) in [6.45, 7) is 3.91. The van der Waals surface area contributed by atoms with Gasteiger partial charge in [0.05, 0.1) is 5.25 Å². The number of thioether (sulfide) groups is 1. The van der Waals surface area contributed by atoms with Crippen molar-refractivity contribution in [3.8, 4) is 0 Å². The average molecular weight is 356 g/mol. The van der Waals surface area contributed by atoms with Crippen molar-refractivity contribution in [1.82, 2.24) is 4.90 Å². The molecule has 0 bridgehead atoms. The van der Waals surface area contributed by atoms with Gasteiger partial charge in [-0.05, 0) is 24.1 Å². The first kappa shape index (κ1) is 19.1. The minimum Gasteiger partial charge on any atom is -0.342 e. The third-order valence-electron chi connectivity index (χ3n) is 3.93. The second-order valence-electron chi connectivity index (χ2n) is 5.96. The third-order valence-corrected chi connectivity index (χ3v) is 5.15. The molecule has 0 radical (unpaired) electrons. The van der Waals surface area contributed by atoms with Crippen LogP contribution in [0.5, 0.6) is 0 Å². The van der Waals surface area contributed by atoms with Crippen LogP contribution in [0.2, 0.25) is 0 Å². The van der Waals surface area contributed by atoms with Gasteiger partial charge in [0.25, 0.3) is 0 Å². The number of para-hydroxylation sites is 1. The fourth-order valence-electron chi connectivity index (χ4n) is 2.25. The highest BCUT2D eigenvalue weighted by Gasteiger charge is 2.16. The molecule has 0 aliphatic heterocycles. The zero-order valence-corrected chi connectivity index (χ0v) is 15.7. The molecule has 0 heterocycles. The van der Waals surface area contributed by atoms with Crippen LogP contribution >= 0.6 is 11.8 Å². The molecule has 5 heteroatoms. The Hall–Kier alpha value is -2.27. The summed E-state index contributed by atoms with van der Waals surface area (Å²) in [6, 6.07) is 17.7. The Morgan fingerprint density at radius 1 is 1.08 bits per heavy atom. The number of amides is 2. The van der Waals surface area contributed by atoms with E-state index in [4.69, 9.17) is 0 Å². The standard InChI is InChI=1S/C20H24N2O2S/c1-15(25-14-17-9-5-4-6-10-17)20(24)21-19-12-8-7-11-18(19)13-22(3)16(2)23/h4-12,15H,13-14H2,1-3H3,(H,21,24). The van der Waals surface area contributed by atoms with Crippen LogP contribution in [0.15, 0.2) is 54.6 Å². The lowest BCUT2D eigenvalue weighted by Crippen LogP contribution is -2.26. The Balaban J connectivity index is 1.96. The number of nitrogens with one attached hydrogen (secondary N) is 1. The maximum atomic E-state index is 12.5. The van der Waals surface area contributed by atoms with E-state index < -0.39 is 0 Å². The molecule has 2 amide bonds. The van der Waals surface area contributed by atoms with Gasteiger partial charge in [-0.25, -0.2) is 0 Å². The van der Waals surface area contributed by atoms with Crippen LogP contribution in [0.3, 0.4) is 0 Å². The lowest BCUT2D eigenvalue weighted by atomic mass is 10.1. The Kier molecular flexibility index (Phi) is 7.07. The molecule has 1 atom stereocenters. The highest BCUT2D eigenvalue weighted by Crippen LogP contribution is 2.21. The Morgan fingerprint density at radius 3 is 2.40 bits per heavy atom. The highest BCUT2D eigenvalue weighted by atomic mass is 32.2. The summed E-state index contributed by atoms with van der Waals surface area (Å²) in [7, 11) is 1.75. The van der Waals surface area contributed by atoms with Gasteiger partial charge < -0.3 is 10.2 Å². The minimum absolute atomic E-state index is 0.00656. The second kappa shape index (κ2) is 9.28. The number of benzene rings is 2. The molecular formula is C20H24N2O2S. The summed E-state index contributed by atoms with van der Waals surface area (Å²) in [5, 5.41) is 2.83. The molecule has 0 fully saturated rings. The molecule has 4 nitrogen and oxygen atoms in total. The number of rotatable bonds is 7. The number of anilines is 1. The van der Waals surface area contributed by atoms with E-state index in [9.17, 15) is 9.59 Å². The van der Waals surface area contributed by atoms with E-state index in [1.807, 2.05) is 49.4 Å². The van der Waals surface area contributed by atoms with Gasteiger partial charge in [-0.3, -0.25) is 9.59 Å². The average Bonchev–Trinajstić information content (AvgIpc) is 2.62. The van der Waals surface area contributed by atoms with Gasteiger partial charge in [0.2, 0.25) is 11.8 Å². The van der Waals surface area contributed by atoms with Crippen LogP contribution in [0.25, 0.3) is 0 Å². The van der Waals surface area contributed by atoms with Crippen molar-refractivity contribution >= 4 is 29.3 Å². The fourth-order valence-corrected chi connectivity index (χ4v) is 3.10. The van der Waals surface area contributed by atoms with E-state index in [0.717, 1.165) is 17.0 Å². The van der Waals surface area contributed by atoms with Crippen LogP contribution in [0, 0.1) is 0 Å². The quantitative estimate of drug-likeness (QED) is 0.818. The van der Waals surface area contributed by atoms with Gasteiger partial charge in [0, 0.05) is 32.0 Å². The van der Waals surface area contributed by atoms with Crippen LogP contribution in [-0.2, 0) is 21.9 Å². The molecule has 0 aliphatic carbocycles. The van der Waals surface area contributed by atoms with Crippen molar-refractivity contribution < 1.29 is 9.59 Å². The lowest BCUT2D eigenvalue weighted by molar-refractivity contribution is -0.128.